The molecule has 15 nitrogen and oxygen atoms in total. The molecule has 2 atom stereocenters. The van der Waals surface area contributed by atoms with Gasteiger partial charge in [-0.1, -0.05) is 42.5 Å². The molecule has 0 aliphatic heterocycles. The molecule has 0 fully saturated rings. The molecule has 0 amide bonds. The number of H-pyrrole nitrogens is 1. The molecule has 2 aromatic heterocycles. The molecule has 0 saturated heterocycles. The lowest BCUT2D eigenvalue weighted by Gasteiger charge is -2.20. The zero-order chi connectivity index (χ0) is 47.7. The van der Waals surface area contributed by atoms with Crippen molar-refractivity contribution in [3.8, 4) is 28.4 Å². The smallest absolute Gasteiger partial charge is 0.422 e. The number of methoxy groups -OCH3 is 1. The second-order valence-electron chi connectivity index (χ2n) is 15.4. The Morgan fingerprint density at radius 3 is 2.03 bits per heavy atom. The molecule has 7 rings (SSSR count). The average molecular weight is 955 g/mol. The third-order valence-electron chi connectivity index (χ3n) is 10.5. The summed E-state index contributed by atoms with van der Waals surface area (Å²) in [5.41, 5.74) is 0.420. The van der Waals surface area contributed by atoms with E-state index in [0.717, 1.165) is 33.8 Å². The fraction of sp³-hybridized carbons (Fsp3) is 0.267. The second-order valence-corrected chi connectivity index (χ2v) is 19.8. The maximum absolute atomic E-state index is 14.6. The Kier molecular flexibility index (Phi) is 13.2. The van der Waals surface area contributed by atoms with Crippen molar-refractivity contribution >= 4 is 47.7 Å². The Hall–Kier alpha value is -6.87. The van der Waals surface area contributed by atoms with Gasteiger partial charge >= 0.3 is 23.5 Å². The summed E-state index contributed by atoms with van der Waals surface area (Å²) < 4.78 is 130. The number of alkyl halides is 3. The van der Waals surface area contributed by atoms with Crippen LogP contribution >= 0.6 is 0 Å². The number of halogens is 4. The first-order chi connectivity index (χ1) is 31.1. The third-order valence-corrected chi connectivity index (χ3v) is 12.4. The van der Waals surface area contributed by atoms with Crippen LogP contribution in [0.15, 0.2) is 113 Å². The van der Waals surface area contributed by atoms with Gasteiger partial charge in [-0.2, -0.15) is 13.2 Å². The number of imidazole rings is 2. The van der Waals surface area contributed by atoms with E-state index in [4.69, 9.17) is 14.2 Å². The van der Waals surface area contributed by atoms with Crippen LogP contribution in [-0.2, 0) is 31.1 Å². The van der Waals surface area contributed by atoms with Crippen molar-refractivity contribution in [2.75, 3.05) is 44.3 Å². The predicted octanol–water partition coefficient (Wildman–Crippen LogP) is 6.68. The van der Waals surface area contributed by atoms with E-state index < -0.39 is 85.9 Å². The van der Waals surface area contributed by atoms with Crippen LogP contribution in [0.4, 0.5) is 17.6 Å². The monoisotopic (exact) mass is 954 g/mol. The molecule has 348 valence electrons. The first-order valence-corrected chi connectivity index (χ1v) is 24.1. The molecular formula is C45H42F4N4O11S2. The summed E-state index contributed by atoms with van der Waals surface area (Å²) in [6, 6.07) is 22.8. The predicted molar refractivity (Wildman–Crippen MR) is 237 cm³/mol. The van der Waals surface area contributed by atoms with E-state index in [1.165, 1.54) is 66.3 Å². The Morgan fingerprint density at radius 2 is 1.39 bits per heavy atom. The lowest BCUT2D eigenvalue weighted by Crippen LogP contribution is -2.32. The minimum atomic E-state index is -4.83. The standard InChI is InChI=1S/C45H42F4N4O11S2/c1-5-62-41-22-29(14-19-40(41)61-2)39(24-66(4,59)60)53-37-21-30(42(54)63-25-45(47,48)49)13-18-36(37)51(44(53)56)26-64-31-15-10-27(11-16-31)38(23-65(3,57)58)52-35-17-12-28(20-34(35)50-43(52)55)32-8-6-7-9-33(32)46/h6-22,38-39H,5,23-26H2,1-4H3,(H,50,55). The largest absolute Gasteiger partial charge is 0.493 e. The van der Waals surface area contributed by atoms with Gasteiger partial charge in [0.1, 0.15) is 31.2 Å². The molecule has 0 radical (unpaired) electrons. The van der Waals surface area contributed by atoms with Crippen LogP contribution < -0.4 is 25.6 Å². The van der Waals surface area contributed by atoms with Gasteiger partial charge in [0, 0.05) is 18.1 Å². The molecule has 5 aromatic carbocycles. The van der Waals surface area contributed by atoms with E-state index in [1.54, 1.807) is 43.3 Å². The summed E-state index contributed by atoms with van der Waals surface area (Å²) in [7, 11) is -6.18. The molecule has 2 unspecified atom stereocenters. The summed E-state index contributed by atoms with van der Waals surface area (Å²) in [6.07, 6.45) is -2.83. The van der Waals surface area contributed by atoms with E-state index in [9.17, 15) is 48.8 Å². The van der Waals surface area contributed by atoms with E-state index >= 15 is 0 Å². The lowest BCUT2D eigenvalue weighted by atomic mass is 10.0. The molecule has 21 heteroatoms. The van der Waals surface area contributed by atoms with Gasteiger partial charge in [0.25, 0.3) is 0 Å². The fourth-order valence-corrected chi connectivity index (χ4v) is 9.51. The molecule has 0 saturated carbocycles. The van der Waals surface area contributed by atoms with Gasteiger partial charge in [0.2, 0.25) is 0 Å². The van der Waals surface area contributed by atoms with Crippen molar-refractivity contribution in [3.63, 3.8) is 0 Å². The van der Waals surface area contributed by atoms with Crippen LogP contribution in [0.25, 0.3) is 33.2 Å². The lowest BCUT2D eigenvalue weighted by molar-refractivity contribution is -0.161. The number of esters is 1. The summed E-state index contributed by atoms with van der Waals surface area (Å²) in [5, 5.41) is 0. The number of benzene rings is 5. The van der Waals surface area contributed by atoms with Gasteiger partial charge in [-0.3, -0.25) is 13.7 Å². The Labute approximate surface area is 374 Å². The molecule has 1 N–H and O–H groups in total. The quantitative estimate of drug-likeness (QED) is 0.0758. The number of carbonyl (C=O) groups is 1. The molecule has 0 aliphatic carbocycles. The van der Waals surface area contributed by atoms with Crippen LogP contribution in [0.3, 0.4) is 0 Å². The van der Waals surface area contributed by atoms with Crippen molar-refractivity contribution < 1.29 is 58.1 Å². The number of nitrogens with zero attached hydrogens (tertiary/aromatic N) is 3. The number of aromatic nitrogens is 4. The number of nitrogens with one attached hydrogen (secondary N) is 1. The average Bonchev–Trinajstić information content (AvgIpc) is 3.73. The number of rotatable bonds is 17. The minimum absolute atomic E-state index is 0.0448. The zero-order valence-corrected chi connectivity index (χ0v) is 37.3. The highest BCUT2D eigenvalue weighted by Gasteiger charge is 2.31. The van der Waals surface area contributed by atoms with E-state index in [2.05, 4.69) is 9.72 Å². The Morgan fingerprint density at radius 1 is 0.742 bits per heavy atom. The summed E-state index contributed by atoms with van der Waals surface area (Å²) in [5.74, 6) is -2.22. The molecule has 0 aliphatic rings. The molecule has 2 heterocycles. The molecule has 66 heavy (non-hydrogen) atoms. The highest BCUT2D eigenvalue weighted by molar-refractivity contribution is 7.90. The van der Waals surface area contributed by atoms with Gasteiger partial charge in [-0.15, -0.1) is 0 Å². The van der Waals surface area contributed by atoms with Gasteiger partial charge < -0.3 is 23.9 Å². The van der Waals surface area contributed by atoms with Gasteiger partial charge in [0.05, 0.1) is 64.9 Å². The Bertz CT molecular complexity index is 3310. The third kappa shape index (κ3) is 10.5. The maximum Gasteiger partial charge on any atom is 0.422 e. The van der Waals surface area contributed by atoms with Crippen LogP contribution in [-0.4, -0.2) is 92.0 Å². The number of ether oxygens (including phenoxy) is 4. The van der Waals surface area contributed by atoms with E-state index in [-0.39, 0.29) is 40.3 Å². The number of hydrogen-bond acceptors (Lipinski definition) is 11. The SMILES string of the molecule is CCOc1cc(C(CS(C)(=O)=O)n2c(=O)n(COc3ccc(C(CS(C)(=O)=O)n4c(=O)[nH]c5cc(-c6ccccc6F)ccc54)cc3)c3ccc(C(=O)OCC(F)(F)F)cc32)ccc1OC. The first kappa shape index (κ1) is 47.1. The summed E-state index contributed by atoms with van der Waals surface area (Å²) in [6.45, 7) is -0.470. The number of fused-ring (bicyclic) bond motifs is 2. The number of sulfone groups is 2. The van der Waals surface area contributed by atoms with Crippen LogP contribution in [0.1, 0.15) is 40.5 Å². The molecule has 0 spiro atoms. The number of carbonyl (C=O) groups excluding carboxylic acids is 1. The highest BCUT2D eigenvalue weighted by atomic mass is 32.2. The summed E-state index contributed by atoms with van der Waals surface area (Å²) in [4.78, 5) is 43.7. The zero-order valence-electron chi connectivity index (χ0n) is 35.7. The minimum Gasteiger partial charge on any atom is -0.493 e. The van der Waals surface area contributed by atoms with Crippen molar-refractivity contribution in [2.45, 2.75) is 31.9 Å². The van der Waals surface area contributed by atoms with Gasteiger partial charge in [-0.25, -0.2) is 35.6 Å². The Balaban J connectivity index is 1.27. The summed E-state index contributed by atoms with van der Waals surface area (Å²) >= 11 is 0. The fourth-order valence-electron chi connectivity index (χ4n) is 7.68. The van der Waals surface area contributed by atoms with Gasteiger partial charge in [0.15, 0.2) is 24.8 Å². The highest BCUT2D eigenvalue weighted by Crippen LogP contribution is 2.34. The maximum atomic E-state index is 14.6. The van der Waals surface area contributed by atoms with Crippen LogP contribution in [0.2, 0.25) is 0 Å². The van der Waals surface area contributed by atoms with Crippen LogP contribution in [0, 0.1) is 5.82 Å². The second kappa shape index (κ2) is 18.6. The van der Waals surface area contributed by atoms with Crippen molar-refractivity contribution in [2.24, 2.45) is 0 Å². The number of aromatic amines is 1. The van der Waals surface area contributed by atoms with Crippen molar-refractivity contribution in [3.05, 3.63) is 147 Å². The van der Waals surface area contributed by atoms with E-state index in [0.29, 0.717) is 33.5 Å². The normalized spacial score (nSPS) is 13.2. The van der Waals surface area contributed by atoms with Crippen LogP contribution in [0.5, 0.6) is 17.2 Å². The molecule has 7 aromatic rings. The van der Waals surface area contributed by atoms with Gasteiger partial charge in [-0.05, 0) is 84.3 Å². The van der Waals surface area contributed by atoms with Crippen molar-refractivity contribution in [1.82, 2.24) is 18.7 Å². The van der Waals surface area contributed by atoms with E-state index in [1.807, 2.05) is 0 Å². The molecular weight excluding hydrogens is 913 g/mol. The first-order valence-electron chi connectivity index (χ1n) is 20.0. The molecule has 0 bridgehead atoms. The topological polar surface area (TPSA) is 187 Å². The van der Waals surface area contributed by atoms with Crippen molar-refractivity contribution in [1.29, 1.82) is 0 Å². The number of hydrogen-bond donors (Lipinski definition) is 1.